The van der Waals surface area contributed by atoms with Crippen LogP contribution >= 0.6 is 11.6 Å². The van der Waals surface area contributed by atoms with Gasteiger partial charge in [-0.25, -0.2) is 0 Å². The molecule has 0 aliphatic carbocycles. The van der Waals surface area contributed by atoms with Gasteiger partial charge in [-0.3, -0.25) is 4.79 Å². The van der Waals surface area contributed by atoms with Gasteiger partial charge in [-0.05, 0) is 29.8 Å². The van der Waals surface area contributed by atoms with Crippen LogP contribution in [-0.2, 0) is 4.79 Å². The third kappa shape index (κ3) is 4.47. The number of nitrogens with one attached hydrogen (secondary N) is 1. The lowest BCUT2D eigenvalue weighted by Gasteiger charge is -2.00. The van der Waals surface area contributed by atoms with Gasteiger partial charge in [-0.1, -0.05) is 48.0 Å². The first kappa shape index (κ1) is 13.2. The third-order valence-corrected chi connectivity index (χ3v) is 2.59. The summed E-state index contributed by atoms with van der Waals surface area (Å²) < 4.78 is 0. The van der Waals surface area contributed by atoms with E-state index in [4.69, 9.17) is 11.6 Å². The van der Waals surface area contributed by atoms with E-state index in [9.17, 15) is 4.79 Å². The summed E-state index contributed by atoms with van der Waals surface area (Å²) >= 11 is 5.83. The average molecular weight is 270 g/mol. The fourth-order valence-corrected chi connectivity index (χ4v) is 1.70. The molecule has 0 aromatic heterocycles. The zero-order chi connectivity index (χ0) is 13.5. The molecule has 0 radical (unpaired) electrons. The predicted octanol–water partition coefficient (Wildman–Crippen LogP) is 4.15. The van der Waals surface area contributed by atoms with Crippen LogP contribution in [0.3, 0.4) is 0 Å². The third-order valence-electron chi connectivity index (χ3n) is 2.36. The van der Waals surface area contributed by atoms with Gasteiger partial charge >= 0.3 is 0 Å². The second-order valence-corrected chi connectivity index (χ2v) is 4.30. The minimum atomic E-state index is -0.241. The van der Waals surface area contributed by atoms with E-state index in [0.29, 0.717) is 10.7 Å². The Morgan fingerprint density at radius 3 is 2.63 bits per heavy atom. The van der Waals surface area contributed by atoms with Crippen molar-refractivity contribution in [3.8, 4) is 0 Å². The van der Waals surface area contributed by atoms with E-state index in [0.717, 1.165) is 5.56 Å². The smallest absolute Gasteiger partial charge is 0.256 e. The average Bonchev–Trinajstić information content (AvgIpc) is 2.40. The first-order chi connectivity index (χ1) is 9.24. The molecule has 0 saturated heterocycles. The zero-order valence-electron chi connectivity index (χ0n) is 10.1. The Bertz CT molecular complexity index is 628. The Morgan fingerprint density at radius 1 is 1.11 bits per heavy atom. The summed E-state index contributed by atoms with van der Waals surface area (Å²) in [6.45, 7) is 0. The maximum absolute atomic E-state index is 11.6. The van der Waals surface area contributed by atoms with E-state index >= 15 is 0 Å². The molecule has 2 rings (SSSR count). The van der Waals surface area contributed by atoms with Gasteiger partial charge in [0.1, 0.15) is 0 Å². The van der Waals surface area contributed by atoms with Crippen molar-refractivity contribution >= 4 is 29.3 Å². The van der Waals surface area contributed by atoms with Gasteiger partial charge in [-0.15, -0.1) is 5.73 Å². The van der Waals surface area contributed by atoms with E-state index in [1.54, 1.807) is 30.3 Å². The van der Waals surface area contributed by atoms with Crippen LogP contribution in [0.5, 0.6) is 0 Å². The number of anilines is 1. The van der Waals surface area contributed by atoms with Crippen LogP contribution in [0.1, 0.15) is 5.56 Å². The number of hydrogen-bond acceptors (Lipinski definition) is 1. The van der Waals surface area contributed by atoms with Crippen molar-refractivity contribution in [3.63, 3.8) is 0 Å². The van der Waals surface area contributed by atoms with E-state index in [2.05, 4.69) is 11.0 Å². The topological polar surface area (TPSA) is 29.1 Å². The van der Waals surface area contributed by atoms with Crippen molar-refractivity contribution in [1.29, 1.82) is 0 Å². The Kier molecular flexibility index (Phi) is 4.57. The van der Waals surface area contributed by atoms with Crippen LogP contribution in [0.2, 0.25) is 5.02 Å². The van der Waals surface area contributed by atoms with Crippen molar-refractivity contribution in [2.75, 3.05) is 5.32 Å². The van der Waals surface area contributed by atoms with Crippen LogP contribution in [0.25, 0.3) is 6.08 Å². The van der Waals surface area contributed by atoms with Gasteiger partial charge < -0.3 is 5.32 Å². The second-order valence-electron chi connectivity index (χ2n) is 3.87. The molecule has 94 valence electrons. The second kappa shape index (κ2) is 6.60. The van der Waals surface area contributed by atoms with Crippen molar-refractivity contribution in [1.82, 2.24) is 0 Å². The fourth-order valence-electron chi connectivity index (χ4n) is 1.51. The van der Waals surface area contributed by atoms with Crippen molar-refractivity contribution in [2.24, 2.45) is 0 Å². The molecule has 0 aliphatic heterocycles. The summed E-state index contributed by atoms with van der Waals surface area (Å²) in [5, 5.41) is 3.29. The Hall–Kier alpha value is -2.28. The number of halogens is 1. The first-order valence-electron chi connectivity index (χ1n) is 5.78. The van der Waals surface area contributed by atoms with Crippen molar-refractivity contribution in [2.45, 2.75) is 0 Å². The number of hydrogen-bond donors (Lipinski definition) is 1. The van der Waals surface area contributed by atoms with Gasteiger partial charge in [-0.2, -0.15) is 0 Å². The van der Waals surface area contributed by atoms with Crippen LogP contribution in [0.4, 0.5) is 5.69 Å². The Morgan fingerprint density at radius 2 is 1.89 bits per heavy atom. The molecule has 0 spiro atoms. The molecule has 0 bridgehead atoms. The molecule has 3 heteroatoms. The van der Waals surface area contributed by atoms with Gasteiger partial charge in [0, 0.05) is 16.8 Å². The van der Waals surface area contributed by atoms with Crippen LogP contribution < -0.4 is 5.32 Å². The van der Waals surface area contributed by atoms with E-state index < -0.39 is 0 Å². The van der Waals surface area contributed by atoms with Gasteiger partial charge in [0.05, 0.1) is 0 Å². The van der Waals surface area contributed by atoms with Crippen LogP contribution in [0, 0.1) is 0 Å². The molecule has 0 aliphatic rings. The normalized spacial score (nSPS) is 9.32. The summed E-state index contributed by atoms with van der Waals surface area (Å²) in [5.41, 5.74) is 4.50. The molecule has 19 heavy (non-hydrogen) atoms. The molecule has 0 heterocycles. The number of benzene rings is 2. The van der Waals surface area contributed by atoms with E-state index in [-0.39, 0.29) is 5.91 Å². The number of carbonyl (C=O) groups is 1. The summed E-state index contributed by atoms with van der Waals surface area (Å²) in [6, 6.07) is 16.7. The molecular weight excluding hydrogens is 258 g/mol. The minimum absolute atomic E-state index is 0.241. The minimum Gasteiger partial charge on any atom is -0.322 e. The zero-order valence-corrected chi connectivity index (χ0v) is 10.9. The van der Waals surface area contributed by atoms with E-state index in [1.165, 1.54) is 6.08 Å². The lowest BCUT2D eigenvalue weighted by molar-refractivity contribution is -0.111. The molecule has 2 aromatic carbocycles. The molecule has 0 saturated carbocycles. The predicted molar refractivity (Wildman–Crippen MR) is 79.1 cm³/mol. The van der Waals surface area contributed by atoms with Crippen LogP contribution in [0.15, 0.2) is 66.4 Å². The molecule has 0 atom stereocenters. The summed E-state index contributed by atoms with van der Waals surface area (Å²) in [4.78, 5) is 11.6. The molecule has 1 N–H and O–H groups in total. The molecule has 2 nitrogen and oxygen atoms in total. The molecule has 0 unspecified atom stereocenters. The SMILES string of the molecule is O=C(C=C=Cc1ccccc1)Nc1cccc(Cl)c1. The standard InChI is InChI=1S/C16H12ClNO/c17-14-9-5-10-15(12-14)18-16(19)11-4-8-13-6-2-1-3-7-13/h1-3,5-12H,(H,18,19). The fraction of sp³-hybridized carbons (Fsp3) is 0. The number of carbonyl (C=O) groups excluding carboxylic acids is 1. The molecule has 2 aromatic rings. The first-order valence-corrected chi connectivity index (χ1v) is 6.16. The van der Waals surface area contributed by atoms with Crippen molar-refractivity contribution in [3.05, 3.63) is 77.0 Å². The van der Waals surface area contributed by atoms with Gasteiger partial charge in [0.2, 0.25) is 0 Å². The summed E-state index contributed by atoms with van der Waals surface area (Å²) in [7, 11) is 0. The highest BCUT2D eigenvalue weighted by atomic mass is 35.5. The van der Waals surface area contributed by atoms with Gasteiger partial charge in [0.25, 0.3) is 5.91 Å². The maximum atomic E-state index is 11.6. The van der Waals surface area contributed by atoms with Crippen molar-refractivity contribution < 1.29 is 4.79 Å². The van der Waals surface area contributed by atoms with Gasteiger partial charge in [0.15, 0.2) is 0 Å². The maximum Gasteiger partial charge on any atom is 0.256 e. The Labute approximate surface area is 117 Å². The van der Waals surface area contributed by atoms with E-state index in [1.807, 2.05) is 30.3 Å². The lowest BCUT2D eigenvalue weighted by atomic mass is 10.2. The summed E-state index contributed by atoms with van der Waals surface area (Å²) in [6.07, 6.45) is 3.10. The highest BCUT2D eigenvalue weighted by Gasteiger charge is 1.97. The molecular formula is C16H12ClNO. The Balaban J connectivity index is 2.00. The molecule has 0 fully saturated rings. The number of amides is 1. The monoisotopic (exact) mass is 269 g/mol. The largest absolute Gasteiger partial charge is 0.322 e. The molecule has 1 amide bonds. The van der Waals surface area contributed by atoms with Crippen LogP contribution in [-0.4, -0.2) is 5.91 Å². The highest BCUT2D eigenvalue weighted by molar-refractivity contribution is 6.30. The lowest BCUT2D eigenvalue weighted by Crippen LogP contribution is -2.06. The summed E-state index contributed by atoms with van der Waals surface area (Å²) in [5.74, 6) is -0.241. The highest BCUT2D eigenvalue weighted by Crippen LogP contribution is 2.14. The number of rotatable bonds is 3. The quantitative estimate of drug-likeness (QED) is 0.658.